The number of carbonyl (C=O) groups is 2. The number of amides is 2. The maximum absolute atomic E-state index is 13.2. The molecule has 0 aromatic heterocycles. The first-order valence-corrected chi connectivity index (χ1v) is 10.5. The molecule has 2 heterocycles. The Balaban J connectivity index is 1.44. The molecule has 1 saturated heterocycles. The minimum Gasteiger partial charge on any atom is -0.454 e. The van der Waals surface area contributed by atoms with E-state index in [9.17, 15) is 9.59 Å². The Bertz CT molecular complexity index is 1050. The van der Waals surface area contributed by atoms with E-state index in [4.69, 9.17) is 33.3 Å². The minimum atomic E-state index is -0.276. The molecule has 2 aromatic rings. The van der Waals surface area contributed by atoms with E-state index in [0.29, 0.717) is 41.7 Å². The van der Waals surface area contributed by atoms with Crippen LogP contribution in [0.25, 0.3) is 0 Å². The lowest BCUT2D eigenvalue weighted by Gasteiger charge is -2.30. The molecule has 162 valence electrons. The molecular weight excluding hydrogens is 440 g/mol. The van der Waals surface area contributed by atoms with Crippen molar-refractivity contribution in [2.45, 2.75) is 19.9 Å². The number of ether oxygens (including phenoxy) is 2. The number of nitrogens with one attached hydrogen (secondary N) is 2. The van der Waals surface area contributed by atoms with Crippen molar-refractivity contribution in [2.24, 2.45) is 0 Å². The summed E-state index contributed by atoms with van der Waals surface area (Å²) in [6.45, 7) is 3.22. The molecular formula is C21H21ClN4O4S. The number of hydrogen-bond acceptors (Lipinski definition) is 5. The van der Waals surface area contributed by atoms with Crippen LogP contribution in [0.2, 0.25) is 5.02 Å². The zero-order valence-corrected chi connectivity index (χ0v) is 18.4. The summed E-state index contributed by atoms with van der Waals surface area (Å²) in [5.41, 5.74) is 1.68. The summed E-state index contributed by atoms with van der Waals surface area (Å²) in [5.74, 6) is 0.892. The number of benzene rings is 2. The highest BCUT2D eigenvalue weighted by atomic mass is 35.5. The van der Waals surface area contributed by atoms with Crippen molar-refractivity contribution in [2.75, 3.05) is 25.2 Å². The largest absolute Gasteiger partial charge is 0.454 e. The smallest absolute Gasteiger partial charge is 0.274 e. The van der Waals surface area contributed by atoms with E-state index in [2.05, 4.69) is 10.6 Å². The van der Waals surface area contributed by atoms with Gasteiger partial charge in [-0.3, -0.25) is 14.6 Å². The second kappa shape index (κ2) is 8.99. The van der Waals surface area contributed by atoms with Crippen LogP contribution in [-0.4, -0.2) is 46.8 Å². The Hall–Kier alpha value is -3.04. The van der Waals surface area contributed by atoms with Crippen molar-refractivity contribution in [1.29, 1.82) is 0 Å². The molecule has 10 heteroatoms. The van der Waals surface area contributed by atoms with Crippen LogP contribution >= 0.6 is 23.8 Å². The second-order valence-electron chi connectivity index (χ2n) is 7.10. The van der Waals surface area contributed by atoms with Gasteiger partial charge in [0.15, 0.2) is 16.6 Å². The average molecular weight is 461 g/mol. The van der Waals surface area contributed by atoms with E-state index in [1.807, 2.05) is 18.2 Å². The Labute approximate surface area is 190 Å². The number of carbonyl (C=O) groups excluding carboxylic acids is 2. The van der Waals surface area contributed by atoms with E-state index in [0.717, 1.165) is 17.7 Å². The van der Waals surface area contributed by atoms with Crippen molar-refractivity contribution < 1.29 is 19.1 Å². The number of fused-ring (bicyclic) bond motifs is 1. The molecule has 2 amide bonds. The van der Waals surface area contributed by atoms with E-state index < -0.39 is 0 Å². The van der Waals surface area contributed by atoms with Gasteiger partial charge in [-0.15, -0.1) is 0 Å². The lowest BCUT2D eigenvalue weighted by molar-refractivity contribution is -0.114. The van der Waals surface area contributed by atoms with Gasteiger partial charge in [0.25, 0.3) is 5.91 Å². The summed E-state index contributed by atoms with van der Waals surface area (Å²) in [4.78, 5) is 24.6. The number of halogens is 1. The molecule has 2 aliphatic heterocycles. The molecule has 0 radical (unpaired) electrons. The fraction of sp³-hybridized carbons (Fsp3) is 0.286. The van der Waals surface area contributed by atoms with Gasteiger partial charge in [0, 0.05) is 26.6 Å². The summed E-state index contributed by atoms with van der Waals surface area (Å²) < 4.78 is 10.7. The predicted octanol–water partition coefficient (Wildman–Crippen LogP) is 3.16. The third-order valence-electron chi connectivity index (χ3n) is 4.92. The lowest BCUT2D eigenvalue weighted by Crippen LogP contribution is -2.49. The Kier molecular flexibility index (Phi) is 6.15. The van der Waals surface area contributed by atoms with Crippen LogP contribution in [0.1, 0.15) is 29.3 Å². The van der Waals surface area contributed by atoms with Crippen molar-refractivity contribution in [3.05, 3.63) is 52.5 Å². The molecule has 0 aliphatic carbocycles. The first kappa shape index (κ1) is 21.2. The highest BCUT2D eigenvalue weighted by molar-refractivity contribution is 7.80. The van der Waals surface area contributed by atoms with Gasteiger partial charge in [-0.2, -0.15) is 0 Å². The standard InChI is InChI=1S/C21H21ClN4O4S/c1-13(27)24-16-5-2-4-15(19(16)22)20(28)25-8-3-9-26(25)21(31)23-11-14-6-7-17-18(10-14)30-12-29-17/h2,4-7,10H,3,8-9,11-12H2,1H3,(H,23,31)(H,24,27). The first-order chi connectivity index (χ1) is 14.9. The topological polar surface area (TPSA) is 83.1 Å². The number of nitrogens with zero attached hydrogens (tertiary/aromatic N) is 2. The highest BCUT2D eigenvalue weighted by Crippen LogP contribution is 2.32. The van der Waals surface area contributed by atoms with Crippen LogP contribution in [0.15, 0.2) is 36.4 Å². The fourth-order valence-corrected chi connectivity index (χ4v) is 3.99. The molecule has 0 bridgehead atoms. The molecule has 2 N–H and O–H groups in total. The van der Waals surface area contributed by atoms with Gasteiger partial charge in [-0.25, -0.2) is 5.01 Å². The maximum Gasteiger partial charge on any atom is 0.274 e. The molecule has 0 atom stereocenters. The molecule has 8 nitrogen and oxygen atoms in total. The Morgan fingerprint density at radius 3 is 2.71 bits per heavy atom. The normalized spacial score (nSPS) is 14.5. The summed E-state index contributed by atoms with van der Waals surface area (Å²) >= 11 is 11.9. The van der Waals surface area contributed by atoms with Crippen LogP contribution in [0.5, 0.6) is 11.5 Å². The van der Waals surface area contributed by atoms with Gasteiger partial charge >= 0.3 is 0 Å². The summed E-state index contributed by atoms with van der Waals surface area (Å²) in [6.07, 6.45) is 0.778. The molecule has 2 aliphatic rings. The maximum atomic E-state index is 13.2. The molecule has 0 saturated carbocycles. The SMILES string of the molecule is CC(=O)Nc1cccc(C(=O)N2CCCN2C(=S)NCc2ccc3c(c2)OCO3)c1Cl. The number of thiocarbonyl (C=S) groups is 1. The van der Waals surface area contributed by atoms with Gasteiger partial charge in [0.2, 0.25) is 12.7 Å². The van der Waals surface area contributed by atoms with Gasteiger partial charge in [0.05, 0.1) is 16.3 Å². The van der Waals surface area contributed by atoms with E-state index >= 15 is 0 Å². The van der Waals surface area contributed by atoms with E-state index in [1.54, 1.807) is 28.2 Å². The van der Waals surface area contributed by atoms with E-state index in [-0.39, 0.29) is 23.6 Å². The van der Waals surface area contributed by atoms with Crippen molar-refractivity contribution in [1.82, 2.24) is 15.3 Å². The van der Waals surface area contributed by atoms with Gasteiger partial charge in [-0.1, -0.05) is 23.7 Å². The Morgan fingerprint density at radius 2 is 1.90 bits per heavy atom. The summed E-state index contributed by atoms with van der Waals surface area (Å²) in [5, 5.41) is 9.80. The average Bonchev–Trinajstić information content (AvgIpc) is 3.42. The summed E-state index contributed by atoms with van der Waals surface area (Å²) in [7, 11) is 0. The molecule has 31 heavy (non-hydrogen) atoms. The lowest BCUT2D eigenvalue weighted by atomic mass is 10.1. The number of anilines is 1. The molecule has 2 aromatic carbocycles. The van der Waals surface area contributed by atoms with Crippen molar-refractivity contribution in [3.8, 4) is 11.5 Å². The number of hydrazine groups is 1. The number of hydrogen-bond donors (Lipinski definition) is 2. The summed E-state index contributed by atoms with van der Waals surface area (Å²) in [6, 6.07) is 10.7. The third kappa shape index (κ3) is 4.52. The number of rotatable bonds is 4. The molecule has 0 spiro atoms. The fourth-order valence-electron chi connectivity index (χ4n) is 3.48. The zero-order chi connectivity index (χ0) is 22.0. The second-order valence-corrected chi connectivity index (χ2v) is 7.86. The minimum absolute atomic E-state index is 0.203. The Morgan fingerprint density at radius 1 is 1.13 bits per heavy atom. The molecule has 4 rings (SSSR count). The van der Waals surface area contributed by atoms with Gasteiger partial charge < -0.3 is 20.1 Å². The molecule has 1 fully saturated rings. The van der Waals surface area contributed by atoms with Crippen LogP contribution < -0.4 is 20.1 Å². The zero-order valence-electron chi connectivity index (χ0n) is 16.8. The van der Waals surface area contributed by atoms with Gasteiger partial charge in [-0.05, 0) is 48.5 Å². The van der Waals surface area contributed by atoms with Crippen LogP contribution in [0.4, 0.5) is 5.69 Å². The monoisotopic (exact) mass is 460 g/mol. The quantitative estimate of drug-likeness (QED) is 0.678. The first-order valence-electron chi connectivity index (χ1n) is 9.76. The molecule has 0 unspecified atom stereocenters. The van der Waals surface area contributed by atoms with E-state index in [1.165, 1.54) is 6.92 Å². The van der Waals surface area contributed by atoms with Crippen LogP contribution in [0, 0.1) is 0 Å². The van der Waals surface area contributed by atoms with Crippen LogP contribution in [-0.2, 0) is 11.3 Å². The van der Waals surface area contributed by atoms with Crippen LogP contribution in [0.3, 0.4) is 0 Å². The predicted molar refractivity (Wildman–Crippen MR) is 120 cm³/mol. The van der Waals surface area contributed by atoms with Gasteiger partial charge in [0.1, 0.15) is 0 Å². The highest BCUT2D eigenvalue weighted by Gasteiger charge is 2.31. The third-order valence-corrected chi connectivity index (χ3v) is 5.68. The van der Waals surface area contributed by atoms with Crippen molar-refractivity contribution in [3.63, 3.8) is 0 Å². The van der Waals surface area contributed by atoms with Crippen molar-refractivity contribution >= 4 is 46.4 Å².